The number of furan rings is 1. The molecule has 8 heteroatoms. The number of halogens is 3. The molecule has 0 saturated carbocycles. The van der Waals surface area contributed by atoms with E-state index in [-0.39, 0.29) is 23.1 Å². The van der Waals surface area contributed by atoms with E-state index in [0.29, 0.717) is 0 Å². The Morgan fingerprint density at radius 3 is 2.62 bits per heavy atom. The van der Waals surface area contributed by atoms with E-state index in [9.17, 15) is 22.8 Å². The molecule has 0 radical (unpaired) electrons. The van der Waals surface area contributed by atoms with Crippen LogP contribution in [-0.4, -0.2) is 24.5 Å². The Balaban J connectivity index is 2.03. The first-order chi connectivity index (χ1) is 12.2. The maximum Gasteiger partial charge on any atom is 0.416 e. The van der Waals surface area contributed by atoms with Crippen LogP contribution in [0.5, 0.6) is 0 Å². The van der Waals surface area contributed by atoms with Crippen molar-refractivity contribution in [2.45, 2.75) is 32.5 Å². The molecule has 0 aliphatic rings. The van der Waals surface area contributed by atoms with Crippen molar-refractivity contribution in [3.63, 3.8) is 0 Å². The fraction of sp³-hybridized carbons (Fsp3) is 0.333. The van der Waals surface area contributed by atoms with Crippen molar-refractivity contribution in [3.8, 4) is 11.3 Å². The number of alkyl halides is 3. The van der Waals surface area contributed by atoms with E-state index in [2.05, 4.69) is 5.32 Å². The Bertz CT molecular complexity index is 783. The van der Waals surface area contributed by atoms with E-state index in [1.54, 1.807) is 0 Å². The zero-order valence-electron chi connectivity index (χ0n) is 14.2. The standard InChI is InChI=1S/C18H18F3NO4/c1-3-11(2)22-16(23)10-25-17(24)15-8-7-14(26-15)12-5-4-6-13(9-12)18(19,20)21/h4-9,11H,3,10H2,1-2H3,(H,22,23)/t11-/m0/s1. The molecule has 0 fully saturated rings. The van der Waals surface area contributed by atoms with E-state index in [4.69, 9.17) is 9.15 Å². The van der Waals surface area contributed by atoms with Gasteiger partial charge in [0.25, 0.3) is 5.91 Å². The predicted octanol–water partition coefficient (Wildman–Crippen LogP) is 4.04. The van der Waals surface area contributed by atoms with Crippen LogP contribution in [0, 0.1) is 0 Å². The number of esters is 1. The summed E-state index contributed by atoms with van der Waals surface area (Å²) in [4.78, 5) is 23.5. The highest BCUT2D eigenvalue weighted by Gasteiger charge is 2.30. The average Bonchev–Trinajstić information content (AvgIpc) is 3.09. The van der Waals surface area contributed by atoms with Crippen molar-refractivity contribution >= 4 is 11.9 Å². The van der Waals surface area contributed by atoms with Gasteiger partial charge in [0.15, 0.2) is 6.61 Å². The summed E-state index contributed by atoms with van der Waals surface area (Å²) in [6.45, 7) is 3.24. The zero-order valence-corrected chi connectivity index (χ0v) is 14.2. The Labute approximate surface area is 148 Å². The van der Waals surface area contributed by atoms with Crippen LogP contribution >= 0.6 is 0 Å². The smallest absolute Gasteiger partial charge is 0.416 e. The van der Waals surface area contributed by atoms with Crippen LogP contribution in [0.4, 0.5) is 13.2 Å². The molecule has 1 aromatic heterocycles. The highest BCUT2D eigenvalue weighted by Crippen LogP contribution is 2.32. The highest BCUT2D eigenvalue weighted by molar-refractivity contribution is 5.89. The van der Waals surface area contributed by atoms with Gasteiger partial charge in [0, 0.05) is 11.6 Å². The molecule has 0 unspecified atom stereocenters. The van der Waals surface area contributed by atoms with E-state index in [1.807, 2.05) is 13.8 Å². The molecular formula is C18H18F3NO4. The van der Waals surface area contributed by atoms with Crippen LogP contribution in [0.25, 0.3) is 11.3 Å². The normalized spacial score (nSPS) is 12.5. The number of nitrogens with one attached hydrogen (secondary N) is 1. The van der Waals surface area contributed by atoms with Crippen molar-refractivity contribution in [1.29, 1.82) is 0 Å². The molecule has 0 aliphatic heterocycles. The van der Waals surface area contributed by atoms with E-state index in [1.165, 1.54) is 24.3 Å². The van der Waals surface area contributed by atoms with Crippen molar-refractivity contribution < 1.29 is 31.9 Å². The van der Waals surface area contributed by atoms with Gasteiger partial charge in [-0.25, -0.2) is 4.79 Å². The van der Waals surface area contributed by atoms with E-state index in [0.717, 1.165) is 18.6 Å². The van der Waals surface area contributed by atoms with Gasteiger partial charge in [-0.3, -0.25) is 4.79 Å². The second-order valence-corrected chi connectivity index (χ2v) is 5.70. The summed E-state index contributed by atoms with van der Waals surface area (Å²) in [5.41, 5.74) is -0.648. The quantitative estimate of drug-likeness (QED) is 0.781. The van der Waals surface area contributed by atoms with Crippen molar-refractivity contribution in [1.82, 2.24) is 5.32 Å². The molecule has 0 spiro atoms. The minimum absolute atomic E-state index is 0.0441. The maximum absolute atomic E-state index is 12.8. The summed E-state index contributed by atoms with van der Waals surface area (Å²) in [6, 6.07) is 7.15. The molecule has 26 heavy (non-hydrogen) atoms. The average molecular weight is 369 g/mol. The number of ether oxygens (including phenoxy) is 1. The second kappa shape index (κ2) is 8.07. The number of benzene rings is 1. The van der Waals surface area contributed by atoms with Crippen LogP contribution in [0.1, 0.15) is 36.4 Å². The van der Waals surface area contributed by atoms with Gasteiger partial charge in [0.2, 0.25) is 5.76 Å². The van der Waals surface area contributed by atoms with Gasteiger partial charge in [0.05, 0.1) is 5.56 Å². The van der Waals surface area contributed by atoms with Crippen molar-refractivity contribution in [2.75, 3.05) is 6.61 Å². The lowest BCUT2D eigenvalue weighted by atomic mass is 10.1. The molecule has 0 saturated heterocycles. The SMILES string of the molecule is CC[C@H](C)NC(=O)COC(=O)c1ccc(-c2cccc(C(F)(F)F)c2)o1. The molecule has 1 aromatic carbocycles. The van der Waals surface area contributed by atoms with Gasteiger partial charge < -0.3 is 14.5 Å². The van der Waals surface area contributed by atoms with Crippen molar-refractivity contribution in [2.24, 2.45) is 0 Å². The third kappa shape index (κ3) is 5.11. The molecule has 2 aromatic rings. The molecule has 0 aliphatic carbocycles. The first-order valence-corrected chi connectivity index (χ1v) is 7.94. The summed E-state index contributed by atoms with van der Waals surface area (Å²) in [5.74, 6) is -1.43. The van der Waals surface area contributed by atoms with Gasteiger partial charge >= 0.3 is 12.1 Å². The lowest BCUT2D eigenvalue weighted by Gasteiger charge is -2.10. The van der Waals surface area contributed by atoms with E-state index < -0.39 is 30.2 Å². The highest BCUT2D eigenvalue weighted by atomic mass is 19.4. The minimum Gasteiger partial charge on any atom is -0.450 e. The number of carbonyl (C=O) groups is 2. The molecule has 2 rings (SSSR count). The summed E-state index contributed by atoms with van der Waals surface area (Å²) in [5, 5.41) is 2.63. The van der Waals surface area contributed by atoms with Crippen LogP contribution in [-0.2, 0) is 15.7 Å². The summed E-state index contributed by atoms with van der Waals surface area (Å²) in [6.07, 6.45) is -3.74. The molecular weight excluding hydrogens is 351 g/mol. The zero-order chi connectivity index (χ0) is 19.3. The maximum atomic E-state index is 12.8. The molecule has 5 nitrogen and oxygen atoms in total. The van der Waals surface area contributed by atoms with Gasteiger partial charge in [-0.2, -0.15) is 13.2 Å². The number of hydrogen-bond acceptors (Lipinski definition) is 4. The monoisotopic (exact) mass is 369 g/mol. The van der Waals surface area contributed by atoms with Crippen LogP contribution in [0.3, 0.4) is 0 Å². The largest absolute Gasteiger partial charge is 0.450 e. The predicted molar refractivity (Wildman–Crippen MR) is 87.3 cm³/mol. The van der Waals surface area contributed by atoms with Crippen LogP contribution in [0.15, 0.2) is 40.8 Å². The van der Waals surface area contributed by atoms with Gasteiger partial charge in [0.1, 0.15) is 5.76 Å². The second-order valence-electron chi connectivity index (χ2n) is 5.70. The van der Waals surface area contributed by atoms with Crippen molar-refractivity contribution in [3.05, 3.63) is 47.7 Å². The molecule has 1 atom stereocenters. The van der Waals surface area contributed by atoms with E-state index >= 15 is 0 Å². The third-order valence-corrected chi connectivity index (χ3v) is 3.64. The Hall–Kier alpha value is -2.77. The number of carbonyl (C=O) groups excluding carboxylic acids is 2. The fourth-order valence-corrected chi connectivity index (χ4v) is 2.07. The van der Waals surface area contributed by atoms with Crippen LogP contribution in [0.2, 0.25) is 0 Å². The summed E-state index contributed by atoms with van der Waals surface area (Å²) < 4.78 is 48.4. The Kier molecular flexibility index (Phi) is 6.07. The Morgan fingerprint density at radius 1 is 1.23 bits per heavy atom. The lowest BCUT2D eigenvalue weighted by Crippen LogP contribution is -2.35. The third-order valence-electron chi connectivity index (χ3n) is 3.64. The molecule has 1 N–H and O–H groups in total. The van der Waals surface area contributed by atoms with Gasteiger partial charge in [-0.1, -0.05) is 19.1 Å². The number of hydrogen-bond donors (Lipinski definition) is 1. The molecule has 140 valence electrons. The molecule has 0 bridgehead atoms. The Morgan fingerprint density at radius 2 is 1.96 bits per heavy atom. The fourth-order valence-electron chi connectivity index (χ4n) is 2.07. The van der Waals surface area contributed by atoms with Gasteiger partial charge in [-0.15, -0.1) is 0 Å². The first-order valence-electron chi connectivity index (χ1n) is 7.94. The molecule has 1 amide bonds. The minimum atomic E-state index is -4.48. The summed E-state index contributed by atoms with van der Waals surface area (Å²) >= 11 is 0. The molecule has 1 heterocycles. The topological polar surface area (TPSA) is 68.5 Å². The summed E-state index contributed by atoms with van der Waals surface area (Å²) in [7, 11) is 0. The number of amides is 1. The van der Waals surface area contributed by atoms with Crippen LogP contribution < -0.4 is 5.32 Å². The lowest BCUT2D eigenvalue weighted by molar-refractivity contribution is -0.137. The number of rotatable bonds is 6. The first kappa shape index (κ1) is 19.6. The van der Waals surface area contributed by atoms with Gasteiger partial charge in [-0.05, 0) is 37.6 Å².